The van der Waals surface area contributed by atoms with Gasteiger partial charge >= 0.3 is 0 Å². The van der Waals surface area contributed by atoms with Gasteiger partial charge in [-0.05, 0) is 30.3 Å². The lowest BCUT2D eigenvalue weighted by molar-refractivity contribution is 0.199. The molecule has 0 bridgehead atoms. The molecule has 0 aliphatic carbocycles. The fourth-order valence-electron chi connectivity index (χ4n) is 1.78. The Hall–Kier alpha value is -0.870. The predicted molar refractivity (Wildman–Crippen MR) is 85.1 cm³/mol. The van der Waals surface area contributed by atoms with Gasteiger partial charge in [-0.25, -0.2) is 0 Å². The first-order valence-electron chi connectivity index (χ1n) is 6.00. The highest BCUT2D eigenvalue weighted by Gasteiger charge is 2.14. The second kappa shape index (κ2) is 7.23. The van der Waals surface area contributed by atoms with Gasteiger partial charge in [0.05, 0.1) is 13.2 Å². The van der Waals surface area contributed by atoms with E-state index in [2.05, 4.69) is 0 Å². The van der Waals surface area contributed by atoms with Crippen molar-refractivity contribution in [3.63, 3.8) is 0 Å². The molecule has 0 fully saturated rings. The van der Waals surface area contributed by atoms with Crippen molar-refractivity contribution in [3.05, 3.63) is 58.1 Å². The Bertz CT molecular complexity index is 590. The number of hydrogen-bond acceptors (Lipinski definition) is 3. The first-order chi connectivity index (χ1) is 9.60. The number of benzene rings is 2. The minimum atomic E-state index is -0.633. The molecule has 0 heterocycles. The molecule has 2 nitrogen and oxygen atoms in total. The summed E-state index contributed by atoms with van der Waals surface area (Å²) in [6.07, 6.45) is -0.633. The van der Waals surface area contributed by atoms with Gasteiger partial charge in [-0.15, -0.1) is 11.8 Å². The topological polar surface area (TPSA) is 29.5 Å². The molecule has 106 valence electrons. The average molecular weight is 329 g/mol. The second-order valence-corrected chi connectivity index (χ2v) is 6.14. The van der Waals surface area contributed by atoms with E-state index in [-0.39, 0.29) is 0 Å². The summed E-state index contributed by atoms with van der Waals surface area (Å²) in [5.41, 5.74) is 0.728. The highest BCUT2D eigenvalue weighted by Crippen LogP contribution is 2.32. The van der Waals surface area contributed by atoms with Crippen molar-refractivity contribution < 1.29 is 9.84 Å². The van der Waals surface area contributed by atoms with Gasteiger partial charge in [0.15, 0.2) is 0 Å². The smallest absolute Gasteiger partial charge is 0.126 e. The zero-order valence-electron chi connectivity index (χ0n) is 10.8. The molecule has 0 aromatic heterocycles. The summed E-state index contributed by atoms with van der Waals surface area (Å²) in [6, 6.07) is 12.8. The zero-order chi connectivity index (χ0) is 14.5. The lowest BCUT2D eigenvalue weighted by Gasteiger charge is -2.15. The van der Waals surface area contributed by atoms with Crippen LogP contribution in [0.3, 0.4) is 0 Å². The molecule has 1 unspecified atom stereocenters. The summed E-state index contributed by atoms with van der Waals surface area (Å²) in [6.45, 7) is 0. The van der Waals surface area contributed by atoms with Gasteiger partial charge in [0.2, 0.25) is 0 Å². The van der Waals surface area contributed by atoms with Crippen LogP contribution in [0.25, 0.3) is 0 Å². The van der Waals surface area contributed by atoms with Crippen LogP contribution in [0.4, 0.5) is 0 Å². The van der Waals surface area contributed by atoms with Crippen LogP contribution in [-0.4, -0.2) is 18.0 Å². The van der Waals surface area contributed by atoms with E-state index in [9.17, 15) is 5.11 Å². The van der Waals surface area contributed by atoms with Crippen LogP contribution in [0.2, 0.25) is 10.0 Å². The number of halogens is 2. The van der Waals surface area contributed by atoms with Crippen LogP contribution in [-0.2, 0) is 0 Å². The normalized spacial score (nSPS) is 12.2. The molecule has 0 saturated heterocycles. The van der Waals surface area contributed by atoms with E-state index in [4.69, 9.17) is 27.9 Å². The number of rotatable bonds is 5. The molecular formula is C15H14Cl2O2S. The Balaban J connectivity index is 2.07. The van der Waals surface area contributed by atoms with E-state index in [0.717, 1.165) is 10.5 Å². The van der Waals surface area contributed by atoms with Gasteiger partial charge in [0.1, 0.15) is 5.75 Å². The summed E-state index contributed by atoms with van der Waals surface area (Å²) in [5.74, 6) is 1.11. The minimum Gasteiger partial charge on any atom is -0.496 e. The minimum absolute atomic E-state index is 0.512. The third-order valence-corrected chi connectivity index (χ3v) is 4.30. The van der Waals surface area contributed by atoms with E-state index < -0.39 is 6.10 Å². The van der Waals surface area contributed by atoms with E-state index in [0.29, 0.717) is 21.5 Å². The van der Waals surface area contributed by atoms with Crippen LogP contribution in [0.1, 0.15) is 11.7 Å². The molecule has 0 radical (unpaired) electrons. The third kappa shape index (κ3) is 4.06. The van der Waals surface area contributed by atoms with Crippen LogP contribution in [0.5, 0.6) is 5.75 Å². The van der Waals surface area contributed by atoms with Gasteiger partial charge in [0, 0.05) is 26.3 Å². The monoisotopic (exact) mass is 328 g/mol. The molecule has 0 aliphatic rings. The van der Waals surface area contributed by atoms with Crippen molar-refractivity contribution in [2.75, 3.05) is 12.9 Å². The number of aliphatic hydroxyl groups is 1. The van der Waals surface area contributed by atoms with Crippen molar-refractivity contribution in [2.45, 2.75) is 11.0 Å². The molecule has 1 atom stereocenters. The van der Waals surface area contributed by atoms with Crippen LogP contribution >= 0.6 is 35.0 Å². The molecule has 2 aromatic carbocycles. The van der Waals surface area contributed by atoms with E-state index >= 15 is 0 Å². The highest BCUT2D eigenvalue weighted by atomic mass is 35.5. The number of aliphatic hydroxyl groups excluding tert-OH is 1. The first kappa shape index (κ1) is 15.5. The van der Waals surface area contributed by atoms with Crippen LogP contribution in [0.15, 0.2) is 47.4 Å². The van der Waals surface area contributed by atoms with Gasteiger partial charge in [-0.2, -0.15) is 0 Å². The standard InChI is InChI=1S/C15H14Cl2O2S/c1-19-15-8-11(17)5-6-13(15)14(18)9-20-12-4-2-3-10(16)7-12/h2-8,14,18H,9H2,1H3. The maximum Gasteiger partial charge on any atom is 0.126 e. The first-order valence-corrected chi connectivity index (χ1v) is 7.74. The number of methoxy groups -OCH3 is 1. The quantitative estimate of drug-likeness (QED) is 0.797. The Labute approximate surface area is 132 Å². The fraction of sp³-hybridized carbons (Fsp3) is 0.200. The molecule has 5 heteroatoms. The van der Waals surface area contributed by atoms with Crippen molar-refractivity contribution in [1.82, 2.24) is 0 Å². The summed E-state index contributed by atoms with van der Waals surface area (Å²) < 4.78 is 5.24. The Morgan fingerprint density at radius 3 is 2.60 bits per heavy atom. The molecule has 0 aliphatic heterocycles. The van der Waals surface area contributed by atoms with Crippen molar-refractivity contribution >= 4 is 35.0 Å². The summed E-state index contributed by atoms with van der Waals surface area (Å²) in [5, 5.41) is 11.5. The van der Waals surface area contributed by atoms with Gasteiger partial charge in [0.25, 0.3) is 0 Å². The average Bonchev–Trinajstić information content (AvgIpc) is 2.44. The van der Waals surface area contributed by atoms with Crippen LogP contribution < -0.4 is 4.74 Å². The Kier molecular flexibility index (Phi) is 5.61. The number of hydrogen-bond donors (Lipinski definition) is 1. The second-order valence-electron chi connectivity index (χ2n) is 4.17. The summed E-state index contributed by atoms with van der Waals surface area (Å²) in [7, 11) is 1.56. The maximum atomic E-state index is 10.3. The van der Waals surface area contributed by atoms with E-state index in [1.165, 1.54) is 11.8 Å². The van der Waals surface area contributed by atoms with Crippen molar-refractivity contribution in [3.8, 4) is 5.75 Å². The van der Waals surface area contributed by atoms with Crippen LogP contribution in [0, 0.1) is 0 Å². The highest BCUT2D eigenvalue weighted by molar-refractivity contribution is 7.99. The zero-order valence-corrected chi connectivity index (χ0v) is 13.2. The molecular weight excluding hydrogens is 315 g/mol. The van der Waals surface area contributed by atoms with Gasteiger partial charge in [-0.3, -0.25) is 0 Å². The van der Waals surface area contributed by atoms with Crippen molar-refractivity contribution in [1.29, 1.82) is 0 Å². The molecule has 1 N–H and O–H groups in total. The third-order valence-electron chi connectivity index (χ3n) is 2.76. The summed E-state index contributed by atoms with van der Waals surface area (Å²) >= 11 is 13.4. The molecule has 2 aromatic rings. The van der Waals surface area contributed by atoms with E-state index in [1.54, 1.807) is 25.3 Å². The largest absolute Gasteiger partial charge is 0.496 e. The van der Waals surface area contributed by atoms with E-state index in [1.807, 2.05) is 24.3 Å². The summed E-state index contributed by atoms with van der Waals surface area (Å²) in [4.78, 5) is 1.02. The predicted octanol–water partition coefficient (Wildman–Crippen LogP) is 4.83. The SMILES string of the molecule is COc1cc(Cl)ccc1C(O)CSc1cccc(Cl)c1. The number of ether oxygens (including phenoxy) is 1. The molecule has 0 amide bonds. The Morgan fingerprint density at radius 1 is 1.15 bits per heavy atom. The molecule has 2 rings (SSSR count). The maximum absolute atomic E-state index is 10.3. The van der Waals surface area contributed by atoms with Gasteiger partial charge in [-0.1, -0.05) is 35.3 Å². The molecule has 20 heavy (non-hydrogen) atoms. The van der Waals surface area contributed by atoms with Crippen molar-refractivity contribution in [2.24, 2.45) is 0 Å². The molecule has 0 spiro atoms. The Morgan fingerprint density at radius 2 is 1.90 bits per heavy atom. The molecule has 0 saturated carbocycles. The lowest BCUT2D eigenvalue weighted by Crippen LogP contribution is -2.03. The number of thioether (sulfide) groups is 1. The lowest BCUT2D eigenvalue weighted by atomic mass is 10.1. The fourth-order valence-corrected chi connectivity index (χ4v) is 3.11. The van der Waals surface area contributed by atoms with Gasteiger partial charge < -0.3 is 9.84 Å².